The highest BCUT2D eigenvalue weighted by Gasteiger charge is 1.93. The molecule has 0 radical (unpaired) electrons. The van der Waals surface area contributed by atoms with Crippen LogP contribution in [0.5, 0.6) is 0 Å². The second kappa shape index (κ2) is 14.2. The number of rotatable bonds is 12. The Morgan fingerprint density at radius 1 is 0.882 bits per heavy atom. The fourth-order valence-electron chi connectivity index (χ4n) is 1.76. The van der Waals surface area contributed by atoms with Crippen LogP contribution < -0.4 is 0 Å². The maximum atomic E-state index is 10.7. The van der Waals surface area contributed by atoms with E-state index in [-0.39, 0.29) is 0 Å². The van der Waals surface area contributed by atoms with E-state index in [2.05, 4.69) is 34.7 Å². The van der Waals surface area contributed by atoms with Crippen molar-refractivity contribution in [3.63, 3.8) is 0 Å². The van der Waals surface area contributed by atoms with Crippen LogP contribution in [0.2, 0.25) is 0 Å². The van der Waals surface area contributed by atoms with Crippen molar-refractivity contribution in [1.82, 2.24) is 0 Å². The molecule has 0 saturated carbocycles. The molecule has 2 heteroatoms. The molecule has 0 bridgehead atoms. The van der Waals surface area contributed by atoms with Gasteiger partial charge >= 0.3 is 0 Å². The number of carbonyl (C=O) groups excluding carboxylic acids is 1. The molecule has 0 N–H and O–H groups in total. The van der Waals surface area contributed by atoms with E-state index < -0.39 is 0 Å². The summed E-state index contributed by atoms with van der Waals surface area (Å²) < 4.78 is 1.28. The highest BCUT2D eigenvalue weighted by molar-refractivity contribution is 14.1. The lowest BCUT2D eigenvalue weighted by Gasteiger charge is -1.98. The highest BCUT2D eigenvalue weighted by atomic mass is 127. The van der Waals surface area contributed by atoms with E-state index in [1.807, 2.05) is 0 Å². The first-order valence-electron chi connectivity index (χ1n) is 6.97. The highest BCUT2D eigenvalue weighted by Crippen LogP contribution is 2.08. The van der Waals surface area contributed by atoms with Crippen LogP contribution in [0.25, 0.3) is 0 Å². The minimum absolute atomic E-state index is 0.333. The molecule has 0 fully saturated rings. The van der Waals surface area contributed by atoms with Crippen LogP contribution in [0.1, 0.15) is 71.1 Å². The standard InChI is InChI=1S/C15H27IO/c1-15(17)13-11-9-7-5-3-2-4-6-8-10-12-14-16/h4,6H,2-3,5,7-14H2,1H3/b6-4-. The smallest absolute Gasteiger partial charge is 0.129 e. The van der Waals surface area contributed by atoms with Gasteiger partial charge in [0.15, 0.2) is 0 Å². The van der Waals surface area contributed by atoms with E-state index in [0.29, 0.717) is 5.78 Å². The third-order valence-electron chi connectivity index (χ3n) is 2.82. The van der Waals surface area contributed by atoms with E-state index in [4.69, 9.17) is 0 Å². The average Bonchev–Trinajstić information content (AvgIpc) is 2.30. The van der Waals surface area contributed by atoms with Gasteiger partial charge in [-0.05, 0) is 49.9 Å². The largest absolute Gasteiger partial charge is 0.300 e. The molecule has 0 amide bonds. The zero-order chi connectivity index (χ0) is 12.8. The normalized spacial score (nSPS) is 11.2. The topological polar surface area (TPSA) is 17.1 Å². The predicted molar refractivity (Wildman–Crippen MR) is 84.9 cm³/mol. The summed E-state index contributed by atoms with van der Waals surface area (Å²) >= 11 is 2.44. The Morgan fingerprint density at radius 2 is 1.41 bits per heavy atom. The number of alkyl halides is 1. The van der Waals surface area contributed by atoms with Gasteiger partial charge in [0.2, 0.25) is 0 Å². The molecule has 0 aliphatic heterocycles. The van der Waals surface area contributed by atoms with Gasteiger partial charge in [0.05, 0.1) is 0 Å². The number of allylic oxidation sites excluding steroid dienone is 2. The lowest BCUT2D eigenvalue weighted by atomic mass is 10.1. The van der Waals surface area contributed by atoms with Crippen LogP contribution in [0, 0.1) is 0 Å². The van der Waals surface area contributed by atoms with Crippen LogP contribution in [0.15, 0.2) is 12.2 Å². The first-order valence-corrected chi connectivity index (χ1v) is 8.50. The molecule has 0 aromatic rings. The number of hydrogen-bond donors (Lipinski definition) is 0. The van der Waals surface area contributed by atoms with Crippen LogP contribution in [0.4, 0.5) is 0 Å². The summed E-state index contributed by atoms with van der Waals surface area (Å²) in [6, 6.07) is 0. The zero-order valence-corrected chi connectivity index (χ0v) is 13.4. The molecule has 0 heterocycles. The van der Waals surface area contributed by atoms with Gasteiger partial charge < -0.3 is 4.79 Å². The Morgan fingerprint density at radius 3 is 2.00 bits per heavy atom. The van der Waals surface area contributed by atoms with Crippen molar-refractivity contribution >= 4 is 28.4 Å². The van der Waals surface area contributed by atoms with Crippen LogP contribution in [-0.2, 0) is 4.79 Å². The van der Waals surface area contributed by atoms with Gasteiger partial charge in [-0.15, -0.1) is 0 Å². The monoisotopic (exact) mass is 350 g/mol. The predicted octanol–water partition coefficient (Wildman–Crippen LogP) is 5.47. The summed E-state index contributed by atoms with van der Waals surface area (Å²) in [5.41, 5.74) is 0. The molecule has 0 spiro atoms. The fourth-order valence-corrected chi connectivity index (χ4v) is 2.30. The van der Waals surface area contributed by atoms with Gasteiger partial charge in [-0.3, -0.25) is 0 Å². The Bertz CT molecular complexity index is 199. The zero-order valence-electron chi connectivity index (χ0n) is 11.2. The van der Waals surface area contributed by atoms with Crippen molar-refractivity contribution in [2.24, 2.45) is 0 Å². The van der Waals surface area contributed by atoms with Crippen LogP contribution in [0.3, 0.4) is 0 Å². The second-order valence-corrected chi connectivity index (χ2v) is 5.74. The second-order valence-electron chi connectivity index (χ2n) is 4.66. The summed E-state index contributed by atoms with van der Waals surface area (Å²) in [7, 11) is 0. The maximum absolute atomic E-state index is 10.7. The van der Waals surface area contributed by atoms with Crippen molar-refractivity contribution < 1.29 is 4.79 Å². The Balaban J connectivity index is 3.05. The molecule has 0 unspecified atom stereocenters. The summed E-state index contributed by atoms with van der Waals surface area (Å²) in [6.07, 6.45) is 16.8. The lowest BCUT2D eigenvalue weighted by Crippen LogP contribution is -1.89. The Kier molecular flexibility index (Phi) is 14.3. The van der Waals surface area contributed by atoms with Gasteiger partial charge in [-0.1, -0.05) is 54.0 Å². The minimum Gasteiger partial charge on any atom is -0.300 e. The lowest BCUT2D eigenvalue weighted by molar-refractivity contribution is -0.117. The molecule has 100 valence electrons. The maximum Gasteiger partial charge on any atom is 0.129 e. The van der Waals surface area contributed by atoms with E-state index >= 15 is 0 Å². The number of ketones is 1. The van der Waals surface area contributed by atoms with Gasteiger partial charge in [-0.25, -0.2) is 0 Å². The summed E-state index contributed by atoms with van der Waals surface area (Å²) in [5.74, 6) is 0.333. The summed E-state index contributed by atoms with van der Waals surface area (Å²) in [5, 5.41) is 0. The number of hydrogen-bond acceptors (Lipinski definition) is 1. The van der Waals surface area contributed by atoms with Crippen LogP contribution in [-0.4, -0.2) is 10.2 Å². The SMILES string of the molecule is CC(=O)CCCCCCC/C=C\CCCCI. The quantitative estimate of drug-likeness (QED) is 0.197. The van der Waals surface area contributed by atoms with E-state index in [1.54, 1.807) is 6.92 Å². The molecule has 0 aromatic carbocycles. The van der Waals surface area contributed by atoms with Crippen molar-refractivity contribution in [3.8, 4) is 0 Å². The van der Waals surface area contributed by atoms with Gasteiger partial charge in [0.25, 0.3) is 0 Å². The molecular formula is C15H27IO. The fraction of sp³-hybridized carbons (Fsp3) is 0.800. The van der Waals surface area contributed by atoms with Crippen LogP contribution >= 0.6 is 22.6 Å². The molecule has 0 rings (SSSR count). The van der Waals surface area contributed by atoms with Gasteiger partial charge in [0, 0.05) is 6.42 Å². The molecular weight excluding hydrogens is 323 g/mol. The molecule has 0 aliphatic carbocycles. The molecule has 0 aromatic heterocycles. The third kappa shape index (κ3) is 16.1. The third-order valence-corrected chi connectivity index (χ3v) is 3.58. The van der Waals surface area contributed by atoms with Crippen molar-refractivity contribution in [2.75, 3.05) is 4.43 Å². The minimum atomic E-state index is 0.333. The van der Waals surface area contributed by atoms with Gasteiger partial charge in [-0.2, -0.15) is 0 Å². The molecule has 17 heavy (non-hydrogen) atoms. The molecule has 0 saturated heterocycles. The number of unbranched alkanes of at least 4 members (excludes halogenated alkanes) is 7. The Labute approximate surface area is 121 Å². The number of Topliss-reactive ketones (excluding diaryl/α,β-unsaturated/α-hetero) is 1. The van der Waals surface area contributed by atoms with E-state index in [1.165, 1.54) is 55.8 Å². The summed E-state index contributed by atoms with van der Waals surface area (Å²) in [4.78, 5) is 10.7. The number of carbonyl (C=O) groups is 1. The van der Waals surface area contributed by atoms with Gasteiger partial charge in [0.1, 0.15) is 5.78 Å². The number of halogens is 1. The summed E-state index contributed by atoms with van der Waals surface area (Å²) in [6.45, 7) is 1.68. The Hall–Kier alpha value is 0.140. The van der Waals surface area contributed by atoms with Crippen molar-refractivity contribution in [2.45, 2.75) is 71.1 Å². The molecule has 0 atom stereocenters. The molecule has 1 nitrogen and oxygen atoms in total. The van der Waals surface area contributed by atoms with E-state index in [9.17, 15) is 4.79 Å². The average molecular weight is 350 g/mol. The van der Waals surface area contributed by atoms with Crippen molar-refractivity contribution in [3.05, 3.63) is 12.2 Å². The van der Waals surface area contributed by atoms with Crippen molar-refractivity contribution in [1.29, 1.82) is 0 Å². The van der Waals surface area contributed by atoms with E-state index in [0.717, 1.165) is 12.8 Å². The molecule has 0 aliphatic rings. The first-order chi connectivity index (χ1) is 8.27. The first kappa shape index (κ1) is 17.1.